The summed E-state index contributed by atoms with van der Waals surface area (Å²) in [6.45, 7) is 4.56. The topological polar surface area (TPSA) is 58.3 Å². The molecule has 7 heteroatoms. The lowest BCUT2D eigenvalue weighted by Crippen LogP contribution is -2.47. The number of hydrogen-bond acceptors (Lipinski definition) is 3. The molecule has 1 saturated carbocycles. The zero-order valence-corrected chi connectivity index (χ0v) is 20.4. The van der Waals surface area contributed by atoms with E-state index in [0.29, 0.717) is 12.6 Å². The first kappa shape index (κ1) is 22.8. The first-order valence-electron chi connectivity index (χ1n) is 10.8. The van der Waals surface area contributed by atoms with Gasteiger partial charge >= 0.3 is 0 Å². The molecular formula is C23H33IN6. The Hall–Kier alpha value is -1.90. The molecule has 1 aliphatic heterocycles. The molecule has 0 amide bonds. The molecule has 162 valence electrons. The molecule has 6 nitrogen and oxygen atoms in total. The maximum absolute atomic E-state index is 4.95. The van der Waals surface area contributed by atoms with Crippen LogP contribution in [-0.4, -0.2) is 44.8 Å². The summed E-state index contributed by atoms with van der Waals surface area (Å²) >= 11 is 0. The minimum Gasteiger partial charge on any atom is -0.353 e. The van der Waals surface area contributed by atoms with Crippen molar-refractivity contribution in [3.8, 4) is 0 Å². The van der Waals surface area contributed by atoms with Gasteiger partial charge in [-0.1, -0.05) is 54.8 Å². The Bertz CT molecular complexity index is 857. The van der Waals surface area contributed by atoms with Crippen LogP contribution in [0.25, 0.3) is 6.08 Å². The average Bonchev–Trinajstić information content (AvgIpc) is 3.37. The van der Waals surface area contributed by atoms with Crippen molar-refractivity contribution in [3.63, 3.8) is 0 Å². The molecule has 0 atom stereocenters. The number of rotatable bonds is 4. The maximum Gasteiger partial charge on any atom is 0.194 e. The van der Waals surface area contributed by atoms with Crippen LogP contribution in [0.4, 0.5) is 0 Å². The second kappa shape index (κ2) is 10.9. The van der Waals surface area contributed by atoms with Crippen molar-refractivity contribution in [2.75, 3.05) is 13.1 Å². The summed E-state index contributed by atoms with van der Waals surface area (Å²) in [5, 5.41) is 12.2. The van der Waals surface area contributed by atoms with Gasteiger partial charge in [0.1, 0.15) is 12.4 Å². The zero-order chi connectivity index (χ0) is 20.1. The van der Waals surface area contributed by atoms with E-state index in [4.69, 9.17) is 4.99 Å². The molecule has 1 N–H and O–H groups in total. The monoisotopic (exact) mass is 520 g/mol. The Kier molecular flexibility index (Phi) is 8.30. The van der Waals surface area contributed by atoms with Crippen LogP contribution in [0.2, 0.25) is 0 Å². The number of likely N-dealkylation sites (tertiary alicyclic amines) is 1. The van der Waals surface area contributed by atoms with Gasteiger partial charge in [0.2, 0.25) is 0 Å². The standard InChI is InChI=1S/C23H32N6.HI/c1-18-26-27-22(28(18)2)17-24-23(25-21-10-6-7-11-21)29-14-12-20(13-15-29)16-19-8-4-3-5-9-19;/h3-5,8-9,16,21H,6-7,10-15,17H2,1-2H3,(H,24,25);1H. The number of aliphatic imine (C=N–C) groups is 1. The number of nitrogens with zero attached hydrogens (tertiary/aromatic N) is 5. The van der Waals surface area contributed by atoms with E-state index in [9.17, 15) is 0 Å². The second-order valence-electron chi connectivity index (χ2n) is 8.19. The van der Waals surface area contributed by atoms with Crippen LogP contribution in [0.15, 0.2) is 40.9 Å². The third kappa shape index (κ3) is 5.83. The fourth-order valence-electron chi connectivity index (χ4n) is 4.16. The molecule has 1 aromatic carbocycles. The summed E-state index contributed by atoms with van der Waals surface area (Å²) in [6, 6.07) is 11.2. The van der Waals surface area contributed by atoms with E-state index in [1.54, 1.807) is 0 Å². The van der Waals surface area contributed by atoms with Gasteiger partial charge < -0.3 is 14.8 Å². The Morgan fingerprint density at radius 1 is 1.13 bits per heavy atom. The first-order chi connectivity index (χ1) is 14.2. The smallest absolute Gasteiger partial charge is 0.194 e. The van der Waals surface area contributed by atoms with Gasteiger partial charge in [0.25, 0.3) is 0 Å². The van der Waals surface area contributed by atoms with Crippen LogP contribution in [0, 0.1) is 6.92 Å². The van der Waals surface area contributed by atoms with E-state index in [1.165, 1.54) is 36.8 Å². The molecule has 1 aromatic heterocycles. The molecule has 1 saturated heterocycles. The number of piperidine rings is 1. The number of nitrogens with one attached hydrogen (secondary N) is 1. The second-order valence-corrected chi connectivity index (χ2v) is 8.19. The molecule has 4 rings (SSSR count). The summed E-state index contributed by atoms with van der Waals surface area (Å²) in [4.78, 5) is 7.37. The van der Waals surface area contributed by atoms with Gasteiger partial charge in [-0.05, 0) is 38.2 Å². The van der Waals surface area contributed by atoms with E-state index in [2.05, 4.69) is 56.8 Å². The largest absolute Gasteiger partial charge is 0.353 e. The van der Waals surface area contributed by atoms with E-state index >= 15 is 0 Å². The molecule has 2 aromatic rings. The molecule has 1 aliphatic carbocycles. The van der Waals surface area contributed by atoms with Crippen molar-refractivity contribution in [2.45, 2.75) is 58.0 Å². The molecule has 0 spiro atoms. The normalized spacial score (nSPS) is 17.7. The van der Waals surface area contributed by atoms with Gasteiger partial charge in [-0.3, -0.25) is 0 Å². The molecular weight excluding hydrogens is 487 g/mol. The molecule has 0 unspecified atom stereocenters. The highest BCUT2D eigenvalue weighted by Crippen LogP contribution is 2.22. The molecule has 2 aliphatic rings. The van der Waals surface area contributed by atoms with Crippen molar-refractivity contribution in [1.82, 2.24) is 25.0 Å². The lowest BCUT2D eigenvalue weighted by molar-refractivity contribution is 0.367. The lowest BCUT2D eigenvalue weighted by atomic mass is 10.0. The summed E-state index contributed by atoms with van der Waals surface area (Å²) in [5.41, 5.74) is 2.82. The number of hydrogen-bond donors (Lipinski definition) is 1. The van der Waals surface area contributed by atoms with Crippen LogP contribution >= 0.6 is 24.0 Å². The van der Waals surface area contributed by atoms with Crippen LogP contribution in [0.1, 0.15) is 55.7 Å². The summed E-state index contributed by atoms with van der Waals surface area (Å²) in [6.07, 6.45) is 9.65. The van der Waals surface area contributed by atoms with Crippen molar-refractivity contribution in [2.24, 2.45) is 12.0 Å². The SMILES string of the molecule is Cc1nnc(CN=C(NC2CCCC2)N2CCC(=Cc3ccccc3)CC2)n1C.I. The highest BCUT2D eigenvalue weighted by atomic mass is 127. The predicted molar refractivity (Wildman–Crippen MR) is 133 cm³/mol. The third-order valence-electron chi connectivity index (χ3n) is 6.12. The Morgan fingerprint density at radius 2 is 1.83 bits per heavy atom. The van der Waals surface area contributed by atoms with Gasteiger partial charge in [-0.25, -0.2) is 4.99 Å². The summed E-state index contributed by atoms with van der Waals surface area (Å²) in [5.74, 6) is 2.88. The van der Waals surface area contributed by atoms with Gasteiger partial charge in [0.15, 0.2) is 11.8 Å². The lowest BCUT2D eigenvalue weighted by Gasteiger charge is -2.33. The van der Waals surface area contributed by atoms with Gasteiger partial charge in [0, 0.05) is 26.2 Å². The average molecular weight is 520 g/mol. The number of aryl methyl sites for hydroxylation is 1. The summed E-state index contributed by atoms with van der Waals surface area (Å²) in [7, 11) is 2.01. The Labute approximate surface area is 196 Å². The minimum atomic E-state index is 0. The van der Waals surface area contributed by atoms with Crippen molar-refractivity contribution in [1.29, 1.82) is 0 Å². The maximum atomic E-state index is 4.95. The number of benzene rings is 1. The molecule has 2 heterocycles. The van der Waals surface area contributed by atoms with Crippen LogP contribution in [0.5, 0.6) is 0 Å². The third-order valence-corrected chi connectivity index (χ3v) is 6.12. The van der Waals surface area contributed by atoms with Crippen LogP contribution in [-0.2, 0) is 13.6 Å². The number of aromatic nitrogens is 3. The quantitative estimate of drug-likeness (QED) is 0.371. The molecule has 0 bridgehead atoms. The highest BCUT2D eigenvalue weighted by molar-refractivity contribution is 14.0. The Balaban J connectivity index is 0.00000256. The Morgan fingerprint density at radius 3 is 2.47 bits per heavy atom. The van der Waals surface area contributed by atoms with E-state index < -0.39 is 0 Å². The molecule has 30 heavy (non-hydrogen) atoms. The van der Waals surface area contributed by atoms with Gasteiger partial charge in [0.05, 0.1) is 0 Å². The first-order valence-corrected chi connectivity index (χ1v) is 10.8. The van der Waals surface area contributed by atoms with Crippen molar-refractivity contribution in [3.05, 3.63) is 53.1 Å². The van der Waals surface area contributed by atoms with E-state index in [-0.39, 0.29) is 24.0 Å². The zero-order valence-electron chi connectivity index (χ0n) is 18.0. The fourth-order valence-corrected chi connectivity index (χ4v) is 4.16. The van der Waals surface area contributed by atoms with Crippen LogP contribution in [0.3, 0.4) is 0 Å². The van der Waals surface area contributed by atoms with E-state index in [0.717, 1.165) is 43.5 Å². The summed E-state index contributed by atoms with van der Waals surface area (Å²) < 4.78 is 2.02. The highest BCUT2D eigenvalue weighted by Gasteiger charge is 2.22. The van der Waals surface area contributed by atoms with Gasteiger partial charge in [-0.2, -0.15) is 0 Å². The predicted octanol–water partition coefficient (Wildman–Crippen LogP) is 4.31. The fraction of sp³-hybridized carbons (Fsp3) is 0.522. The van der Waals surface area contributed by atoms with Crippen molar-refractivity contribution >= 4 is 36.0 Å². The van der Waals surface area contributed by atoms with Crippen LogP contribution < -0.4 is 5.32 Å². The molecule has 0 radical (unpaired) electrons. The molecule has 2 fully saturated rings. The number of halogens is 1. The number of guanidine groups is 1. The van der Waals surface area contributed by atoms with E-state index in [1.807, 2.05) is 18.5 Å². The van der Waals surface area contributed by atoms with Crippen molar-refractivity contribution < 1.29 is 0 Å². The minimum absolute atomic E-state index is 0. The van der Waals surface area contributed by atoms with Gasteiger partial charge in [-0.15, -0.1) is 34.2 Å².